The van der Waals surface area contributed by atoms with Crippen molar-refractivity contribution >= 4 is 29.1 Å². The molecule has 2 N–H and O–H groups in total. The molecular weight excluding hydrogens is 212 g/mol. The molecule has 14 heavy (non-hydrogen) atoms. The topological polar surface area (TPSA) is 29.3 Å². The number of rotatable bonds is 1. The molecule has 4 heteroatoms. The maximum Gasteiger partial charge on any atom is 0.167 e. The lowest BCUT2D eigenvalue weighted by Gasteiger charge is -2.23. The van der Waals surface area contributed by atoms with Gasteiger partial charge in [-0.1, -0.05) is 30.3 Å². The van der Waals surface area contributed by atoms with Gasteiger partial charge in [0.15, 0.2) is 5.11 Å². The largest absolute Gasteiger partial charge is 0.376 e. The molecule has 2 rings (SSSR count). The van der Waals surface area contributed by atoms with E-state index in [-0.39, 0.29) is 0 Å². The van der Waals surface area contributed by atoms with Crippen LogP contribution in [0.4, 0.5) is 0 Å². The Labute approximate surface area is 93.5 Å². The summed E-state index contributed by atoms with van der Waals surface area (Å²) < 4.78 is 0. The van der Waals surface area contributed by atoms with E-state index < -0.39 is 0 Å². The van der Waals surface area contributed by atoms with Crippen molar-refractivity contribution < 1.29 is 0 Å². The van der Waals surface area contributed by atoms with E-state index in [0.717, 1.165) is 12.3 Å². The zero-order valence-electron chi connectivity index (χ0n) is 7.72. The molecule has 0 saturated carbocycles. The second-order valence-electron chi connectivity index (χ2n) is 3.17. The van der Waals surface area contributed by atoms with Gasteiger partial charge in [0.2, 0.25) is 0 Å². The van der Waals surface area contributed by atoms with Crippen LogP contribution in [0.25, 0.3) is 0 Å². The minimum Gasteiger partial charge on any atom is -0.376 e. The number of benzene rings is 1. The predicted octanol–water partition coefficient (Wildman–Crippen LogP) is 1.98. The quantitative estimate of drug-likeness (QED) is 0.739. The molecule has 1 aliphatic rings. The maximum atomic E-state index is 5.67. The fourth-order valence-electron chi connectivity index (χ4n) is 1.59. The monoisotopic (exact) mass is 224 g/mol. The van der Waals surface area contributed by atoms with Crippen molar-refractivity contribution in [3.63, 3.8) is 0 Å². The summed E-state index contributed by atoms with van der Waals surface area (Å²) in [5, 5.41) is 0.817. The van der Waals surface area contributed by atoms with Gasteiger partial charge < -0.3 is 10.6 Å². The lowest BCUT2D eigenvalue weighted by Crippen LogP contribution is -2.34. The molecule has 0 aliphatic carbocycles. The molecule has 0 spiro atoms. The molecule has 0 radical (unpaired) electrons. The average molecular weight is 224 g/mol. The Bertz CT molecular complexity index is 326. The van der Waals surface area contributed by atoms with Crippen LogP contribution in [0.15, 0.2) is 30.3 Å². The lowest BCUT2D eigenvalue weighted by molar-refractivity contribution is 0.454. The Morgan fingerprint density at radius 1 is 1.43 bits per heavy atom. The SMILES string of the molecule is NC(=S)N1CCSC1c1ccccc1. The Kier molecular flexibility index (Phi) is 2.93. The highest BCUT2D eigenvalue weighted by Crippen LogP contribution is 2.37. The molecule has 1 unspecified atom stereocenters. The van der Waals surface area contributed by atoms with Crippen molar-refractivity contribution in [3.8, 4) is 0 Å². The first-order valence-electron chi connectivity index (χ1n) is 4.51. The van der Waals surface area contributed by atoms with Gasteiger partial charge in [0.05, 0.1) is 0 Å². The fraction of sp³-hybridized carbons (Fsp3) is 0.300. The number of nitrogens with two attached hydrogens (primary N) is 1. The van der Waals surface area contributed by atoms with Gasteiger partial charge in [-0.25, -0.2) is 0 Å². The summed E-state index contributed by atoms with van der Waals surface area (Å²) >= 11 is 6.91. The van der Waals surface area contributed by atoms with Crippen LogP contribution in [-0.2, 0) is 0 Å². The van der Waals surface area contributed by atoms with Crippen molar-refractivity contribution in [2.45, 2.75) is 5.37 Å². The lowest BCUT2D eigenvalue weighted by atomic mass is 10.2. The normalized spacial score (nSPS) is 21.1. The summed E-state index contributed by atoms with van der Waals surface area (Å²) in [4.78, 5) is 2.08. The van der Waals surface area contributed by atoms with Gasteiger partial charge in [-0.15, -0.1) is 11.8 Å². The Hall–Kier alpha value is -0.740. The van der Waals surface area contributed by atoms with E-state index in [4.69, 9.17) is 18.0 Å². The van der Waals surface area contributed by atoms with E-state index in [2.05, 4.69) is 17.0 Å². The first-order chi connectivity index (χ1) is 6.79. The molecule has 1 aromatic carbocycles. The van der Waals surface area contributed by atoms with Crippen molar-refractivity contribution in [2.24, 2.45) is 5.73 Å². The predicted molar refractivity (Wildman–Crippen MR) is 65.1 cm³/mol. The standard InChI is InChI=1S/C10H12N2S2/c11-10(13)12-6-7-14-9(12)8-4-2-1-3-5-8/h1-5,9H,6-7H2,(H2,11,13). The number of hydrogen-bond donors (Lipinski definition) is 1. The van der Waals surface area contributed by atoms with E-state index in [1.54, 1.807) is 0 Å². The molecule has 0 amide bonds. The fourth-order valence-corrected chi connectivity index (χ4v) is 3.13. The highest BCUT2D eigenvalue weighted by Gasteiger charge is 2.26. The molecule has 1 fully saturated rings. The zero-order chi connectivity index (χ0) is 9.97. The zero-order valence-corrected chi connectivity index (χ0v) is 9.35. The van der Waals surface area contributed by atoms with Gasteiger partial charge in [0, 0.05) is 12.3 Å². The highest BCUT2D eigenvalue weighted by atomic mass is 32.2. The van der Waals surface area contributed by atoms with Gasteiger partial charge in [0.25, 0.3) is 0 Å². The van der Waals surface area contributed by atoms with Crippen LogP contribution in [0.2, 0.25) is 0 Å². The first kappa shape index (κ1) is 9.80. The van der Waals surface area contributed by atoms with Crippen molar-refractivity contribution in [1.29, 1.82) is 0 Å². The third kappa shape index (κ3) is 1.86. The smallest absolute Gasteiger partial charge is 0.167 e. The van der Waals surface area contributed by atoms with Crippen LogP contribution in [0, 0.1) is 0 Å². The van der Waals surface area contributed by atoms with Crippen LogP contribution in [-0.4, -0.2) is 22.3 Å². The van der Waals surface area contributed by atoms with Crippen molar-refractivity contribution in [3.05, 3.63) is 35.9 Å². The molecule has 0 bridgehead atoms. The van der Waals surface area contributed by atoms with E-state index in [9.17, 15) is 0 Å². The van der Waals surface area contributed by atoms with E-state index >= 15 is 0 Å². The van der Waals surface area contributed by atoms with Gasteiger partial charge in [-0.3, -0.25) is 0 Å². The Balaban J connectivity index is 2.22. The molecule has 1 atom stereocenters. The second-order valence-corrected chi connectivity index (χ2v) is 4.77. The number of nitrogens with zero attached hydrogens (tertiary/aromatic N) is 1. The molecule has 74 valence electrons. The molecule has 0 aromatic heterocycles. The van der Waals surface area contributed by atoms with E-state index in [1.807, 2.05) is 30.0 Å². The second kappa shape index (κ2) is 4.19. The summed E-state index contributed by atoms with van der Waals surface area (Å²) in [5.41, 5.74) is 6.95. The summed E-state index contributed by atoms with van der Waals surface area (Å²) in [6.07, 6.45) is 0. The summed E-state index contributed by atoms with van der Waals surface area (Å²) in [6, 6.07) is 10.4. The van der Waals surface area contributed by atoms with Crippen molar-refractivity contribution in [2.75, 3.05) is 12.3 Å². The van der Waals surface area contributed by atoms with Crippen LogP contribution >= 0.6 is 24.0 Å². The van der Waals surface area contributed by atoms with Gasteiger partial charge in [-0.05, 0) is 17.8 Å². The Morgan fingerprint density at radius 2 is 2.14 bits per heavy atom. The van der Waals surface area contributed by atoms with E-state index in [1.165, 1.54) is 5.56 Å². The molecule has 1 heterocycles. The van der Waals surface area contributed by atoms with Crippen LogP contribution < -0.4 is 5.73 Å². The van der Waals surface area contributed by atoms with Crippen LogP contribution in [0.1, 0.15) is 10.9 Å². The number of hydrogen-bond acceptors (Lipinski definition) is 2. The van der Waals surface area contributed by atoms with Crippen molar-refractivity contribution in [1.82, 2.24) is 4.90 Å². The third-order valence-electron chi connectivity index (χ3n) is 2.26. The Morgan fingerprint density at radius 3 is 2.79 bits per heavy atom. The van der Waals surface area contributed by atoms with Gasteiger partial charge in [-0.2, -0.15) is 0 Å². The maximum absolute atomic E-state index is 5.67. The average Bonchev–Trinajstić information content (AvgIpc) is 2.67. The number of thioether (sulfide) groups is 1. The minimum absolute atomic E-state index is 0.314. The summed E-state index contributed by atoms with van der Waals surface area (Å²) in [7, 11) is 0. The molecule has 2 nitrogen and oxygen atoms in total. The van der Waals surface area contributed by atoms with Crippen LogP contribution in [0.5, 0.6) is 0 Å². The number of thiocarbonyl (C=S) groups is 1. The summed E-state index contributed by atoms with van der Waals surface area (Å²) in [6.45, 7) is 0.958. The summed E-state index contributed by atoms with van der Waals surface area (Å²) in [5.74, 6) is 1.09. The molecule has 1 saturated heterocycles. The van der Waals surface area contributed by atoms with E-state index in [0.29, 0.717) is 10.5 Å². The first-order valence-corrected chi connectivity index (χ1v) is 5.97. The molecule has 1 aromatic rings. The molecular formula is C10H12N2S2. The van der Waals surface area contributed by atoms with Crippen LogP contribution in [0.3, 0.4) is 0 Å². The molecule has 1 aliphatic heterocycles. The van der Waals surface area contributed by atoms with Gasteiger partial charge >= 0.3 is 0 Å². The highest BCUT2D eigenvalue weighted by molar-refractivity contribution is 7.99. The minimum atomic E-state index is 0.314. The van der Waals surface area contributed by atoms with Gasteiger partial charge in [0.1, 0.15) is 5.37 Å². The third-order valence-corrected chi connectivity index (χ3v) is 3.75.